The number of amides is 1. The van der Waals surface area contributed by atoms with Gasteiger partial charge in [0.25, 0.3) is 0 Å². The second-order valence-corrected chi connectivity index (χ2v) is 2.84. The number of nitrogens with zero attached hydrogens (tertiary/aromatic N) is 1. The van der Waals surface area contributed by atoms with Crippen LogP contribution in [0.4, 0.5) is 4.79 Å². The Labute approximate surface area is 86.3 Å². The molecule has 0 spiro atoms. The number of benzene rings is 1. The van der Waals surface area contributed by atoms with Gasteiger partial charge >= 0.3 is 6.09 Å². The van der Waals surface area contributed by atoms with E-state index in [1.807, 2.05) is 0 Å². The van der Waals surface area contributed by atoms with Gasteiger partial charge in [0.15, 0.2) is 11.5 Å². The van der Waals surface area contributed by atoms with Crippen LogP contribution in [0.15, 0.2) is 23.2 Å². The molecule has 0 N–H and O–H groups in total. The number of methoxy groups -OCH3 is 1. The Morgan fingerprint density at radius 3 is 3.07 bits per heavy atom. The molecule has 0 saturated heterocycles. The Hall–Kier alpha value is -2.04. The van der Waals surface area contributed by atoms with Gasteiger partial charge in [0.05, 0.1) is 7.11 Å². The number of aliphatic imine (C=N–C) groups is 1. The predicted octanol–water partition coefficient (Wildman–Crippen LogP) is 1.60. The first-order valence-electron chi connectivity index (χ1n) is 4.31. The summed E-state index contributed by atoms with van der Waals surface area (Å²) >= 11 is 0. The van der Waals surface area contributed by atoms with Crippen molar-refractivity contribution in [3.63, 3.8) is 0 Å². The molecule has 1 amide bonds. The van der Waals surface area contributed by atoms with Gasteiger partial charge in [0.1, 0.15) is 0 Å². The maximum atomic E-state index is 10.7. The zero-order valence-electron chi connectivity index (χ0n) is 8.10. The first-order chi connectivity index (χ1) is 7.29. The second kappa shape index (κ2) is 4.00. The molecule has 0 fully saturated rings. The fraction of sp³-hybridized carbons (Fsp3) is 0.200. The second-order valence-electron chi connectivity index (χ2n) is 2.84. The number of fused-ring (bicyclic) bond motifs is 1. The quantitative estimate of drug-likeness (QED) is 0.656. The Balaban J connectivity index is 2.16. The molecule has 0 bridgehead atoms. The van der Waals surface area contributed by atoms with Crippen molar-refractivity contribution in [2.45, 2.75) is 0 Å². The van der Waals surface area contributed by atoms with E-state index in [-0.39, 0.29) is 6.79 Å². The Kier molecular flexibility index (Phi) is 2.53. The average molecular weight is 207 g/mol. The lowest BCUT2D eigenvalue weighted by molar-refractivity contribution is 0.174. The highest BCUT2D eigenvalue weighted by Gasteiger charge is 2.12. The average Bonchev–Trinajstić information content (AvgIpc) is 2.72. The van der Waals surface area contributed by atoms with Crippen LogP contribution in [0, 0.1) is 0 Å². The molecule has 15 heavy (non-hydrogen) atoms. The van der Waals surface area contributed by atoms with Crippen LogP contribution >= 0.6 is 0 Å². The summed E-state index contributed by atoms with van der Waals surface area (Å²) < 4.78 is 14.7. The van der Waals surface area contributed by atoms with Crippen molar-refractivity contribution in [2.75, 3.05) is 13.9 Å². The minimum atomic E-state index is -0.632. The van der Waals surface area contributed by atoms with Gasteiger partial charge in [-0.05, 0) is 23.8 Å². The van der Waals surface area contributed by atoms with E-state index in [1.54, 1.807) is 18.2 Å². The first kappa shape index (κ1) is 9.51. The van der Waals surface area contributed by atoms with E-state index in [2.05, 4.69) is 9.73 Å². The minimum absolute atomic E-state index is 0.229. The number of hydrogen-bond donors (Lipinski definition) is 0. The summed E-state index contributed by atoms with van der Waals surface area (Å²) in [6.07, 6.45) is 0.779. The summed E-state index contributed by atoms with van der Waals surface area (Å²) in [6, 6.07) is 5.29. The molecule has 1 aromatic carbocycles. The molecule has 0 radical (unpaired) electrons. The molecule has 1 aliphatic rings. The van der Waals surface area contributed by atoms with Crippen molar-refractivity contribution >= 4 is 12.3 Å². The summed E-state index contributed by atoms with van der Waals surface area (Å²) in [4.78, 5) is 14.3. The molecule has 2 rings (SSSR count). The smallest absolute Gasteiger partial charge is 0.433 e. The van der Waals surface area contributed by atoms with Crippen LogP contribution in [0.5, 0.6) is 11.5 Å². The molecule has 0 unspecified atom stereocenters. The van der Waals surface area contributed by atoms with E-state index in [1.165, 1.54) is 13.3 Å². The van der Waals surface area contributed by atoms with Gasteiger partial charge in [-0.3, -0.25) is 0 Å². The third-order valence-corrected chi connectivity index (χ3v) is 1.89. The minimum Gasteiger partial charge on any atom is -0.454 e. The van der Waals surface area contributed by atoms with Crippen molar-refractivity contribution in [1.82, 2.24) is 0 Å². The SMILES string of the molecule is COC(=O)/N=C/c1ccc2c(c1)OCO2. The monoisotopic (exact) mass is 207 g/mol. The maximum absolute atomic E-state index is 10.7. The Morgan fingerprint density at radius 1 is 1.47 bits per heavy atom. The van der Waals surface area contributed by atoms with Gasteiger partial charge in [-0.2, -0.15) is 4.99 Å². The number of carbonyl (C=O) groups excluding carboxylic acids is 1. The highest BCUT2D eigenvalue weighted by atomic mass is 16.7. The largest absolute Gasteiger partial charge is 0.454 e. The molecule has 0 aliphatic carbocycles. The number of rotatable bonds is 1. The van der Waals surface area contributed by atoms with Gasteiger partial charge in [-0.1, -0.05) is 0 Å². The molecule has 1 aliphatic heterocycles. The Bertz CT molecular complexity index is 414. The summed E-state index contributed by atoms with van der Waals surface area (Å²) in [7, 11) is 1.28. The van der Waals surface area contributed by atoms with Gasteiger partial charge in [0.2, 0.25) is 6.79 Å². The summed E-state index contributed by atoms with van der Waals surface area (Å²) in [6.45, 7) is 0.229. The molecule has 0 aromatic heterocycles. The summed E-state index contributed by atoms with van der Waals surface area (Å²) in [5.41, 5.74) is 0.754. The fourth-order valence-electron chi connectivity index (χ4n) is 1.17. The molecular weight excluding hydrogens is 198 g/mol. The third kappa shape index (κ3) is 2.07. The Morgan fingerprint density at radius 2 is 2.27 bits per heavy atom. The molecule has 5 nitrogen and oxygen atoms in total. The van der Waals surface area contributed by atoms with Crippen LogP contribution < -0.4 is 9.47 Å². The van der Waals surface area contributed by atoms with E-state index in [0.29, 0.717) is 11.5 Å². The molecule has 78 valence electrons. The summed E-state index contributed by atoms with van der Waals surface area (Å²) in [5, 5.41) is 0. The lowest BCUT2D eigenvalue weighted by Gasteiger charge is -1.96. The van der Waals surface area contributed by atoms with Crippen LogP contribution in [0.3, 0.4) is 0 Å². The van der Waals surface area contributed by atoms with Crippen LogP contribution in [0.25, 0.3) is 0 Å². The highest BCUT2D eigenvalue weighted by Crippen LogP contribution is 2.31. The molecule has 1 aromatic rings. The van der Waals surface area contributed by atoms with Crippen LogP contribution in [-0.4, -0.2) is 26.2 Å². The van der Waals surface area contributed by atoms with Crippen molar-refractivity contribution in [3.05, 3.63) is 23.8 Å². The third-order valence-electron chi connectivity index (χ3n) is 1.89. The number of ether oxygens (including phenoxy) is 3. The standard InChI is InChI=1S/C10H9NO4/c1-13-10(12)11-5-7-2-3-8-9(4-7)15-6-14-8/h2-5H,6H2,1H3/b11-5+. The van der Waals surface area contributed by atoms with E-state index in [0.717, 1.165) is 5.56 Å². The van der Waals surface area contributed by atoms with Crippen LogP contribution in [0.2, 0.25) is 0 Å². The van der Waals surface area contributed by atoms with Crippen molar-refractivity contribution in [2.24, 2.45) is 4.99 Å². The topological polar surface area (TPSA) is 57.1 Å². The maximum Gasteiger partial charge on any atom is 0.433 e. The fourth-order valence-corrected chi connectivity index (χ4v) is 1.17. The van der Waals surface area contributed by atoms with E-state index >= 15 is 0 Å². The lowest BCUT2D eigenvalue weighted by Crippen LogP contribution is -1.93. The van der Waals surface area contributed by atoms with Gasteiger partial charge < -0.3 is 14.2 Å². The molecule has 0 atom stereocenters. The molecular formula is C10H9NO4. The number of carbonyl (C=O) groups is 1. The van der Waals surface area contributed by atoms with Gasteiger partial charge in [-0.15, -0.1) is 0 Å². The summed E-state index contributed by atoms with van der Waals surface area (Å²) in [5.74, 6) is 1.36. The van der Waals surface area contributed by atoms with Crippen molar-refractivity contribution < 1.29 is 19.0 Å². The van der Waals surface area contributed by atoms with Crippen molar-refractivity contribution in [3.8, 4) is 11.5 Å². The lowest BCUT2D eigenvalue weighted by atomic mass is 10.2. The molecule has 0 saturated carbocycles. The molecule has 5 heteroatoms. The zero-order chi connectivity index (χ0) is 10.7. The van der Waals surface area contributed by atoms with Crippen LogP contribution in [0.1, 0.15) is 5.56 Å². The zero-order valence-corrected chi connectivity index (χ0v) is 8.10. The first-order valence-corrected chi connectivity index (χ1v) is 4.31. The van der Waals surface area contributed by atoms with E-state index in [4.69, 9.17) is 9.47 Å². The predicted molar refractivity (Wildman–Crippen MR) is 52.6 cm³/mol. The van der Waals surface area contributed by atoms with Gasteiger partial charge in [0, 0.05) is 6.21 Å². The van der Waals surface area contributed by atoms with E-state index < -0.39 is 6.09 Å². The highest BCUT2D eigenvalue weighted by molar-refractivity contribution is 5.89. The van der Waals surface area contributed by atoms with Crippen molar-refractivity contribution in [1.29, 1.82) is 0 Å². The number of hydrogen-bond acceptors (Lipinski definition) is 4. The van der Waals surface area contributed by atoms with Gasteiger partial charge in [-0.25, -0.2) is 4.79 Å². The van der Waals surface area contributed by atoms with Crippen LogP contribution in [-0.2, 0) is 4.74 Å². The molecule has 1 heterocycles. The normalized spacial score (nSPS) is 13.1. The van der Waals surface area contributed by atoms with E-state index in [9.17, 15) is 4.79 Å².